The number of benzene rings is 2. The monoisotopic (exact) mass is 443 g/mol. The van der Waals surface area contributed by atoms with Crippen LogP contribution in [0.25, 0.3) is 0 Å². The van der Waals surface area contributed by atoms with E-state index in [1.165, 1.54) is 17.0 Å². The molecule has 144 valence electrons. The largest absolute Gasteiger partial charge is 0.484 e. The van der Waals surface area contributed by atoms with Gasteiger partial charge in [-0.25, -0.2) is 0 Å². The lowest BCUT2D eigenvalue weighted by Gasteiger charge is -2.25. The number of aliphatic hydroxyl groups excluding tert-OH is 1. The van der Waals surface area contributed by atoms with Gasteiger partial charge in [-0.3, -0.25) is 4.79 Å². The molecule has 2 atom stereocenters. The maximum Gasteiger partial charge on any atom is 0.416 e. The predicted molar refractivity (Wildman–Crippen MR) is 96.2 cm³/mol. The zero-order chi connectivity index (χ0) is 19.6. The molecule has 27 heavy (non-hydrogen) atoms. The van der Waals surface area contributed by atoms with Crippen molar-refractivity contribution in [3.8, 4) is 5.75 Å². The lowest BCUT2D eigenvalue weighted by atomic mass is 10.0. The third kappa shape index (κ3) is 4.81. The molecule has 1 N–H and O–H groups in total. The number of amides is 1. The summed E-state index contributed by atoms with van der Waals surface area (Å²) in [6, 6.07) is 11.2. The molecule has 0 bridgehead atoms. The highest BCUT2D eigenvalue weighted by Crippen LogP contribution is 2.35. The summed E-state index contributed by atoms with van der Waals surface area (Å²) in [5, 5.41) is 9.96. The maximum absolute atomic E-state index is 12.7. The smallest absolute Gasteiger partial charge is 0.416 e. The van der Waals surface area contributed by atoms with E-state index in [9.17, 15) is 23.1 Å². The minimum absolute atomic E-state index is 0.117. The average Bonchev–Trinajstić information content (AvgIpc) is 3.01. The number of carbonyl (C=O) groups is 1. The number of aliphatic hydroxyl groups is 1. The van der Waals surface area contributed by atoms with Crippen LogP contribution in [-0.4, -0.2) is 35.2 Å². The van der Waals surface area contributed by atoms with Gasteiger partial charge in [0.05, 0.1) is 17.7 Å². The molecule has 1 amide bonds. The Morgan fingerprint density at radius 1 is 1.22 bits per heavy atom. The van der Waals surface area contributed by atoms with Crippen molar-refractivity contribution in [3.63, 3.8) is 0 Å². The second kappa shape index (κ2) is 7.90. The molecule has 8 heteroatoms. The van der Waals surface area contributed by atoms with Crippen molar-refractivity contribution in [2.75, 3.05) is 13.2 Å². The van der Waals surface area contributed by atoms with Crippen LogP contribution in [0.4, 0.5) is 13.2 Å². The van der Waals surface area contributed by atoms with Crippen molar-refractivity contribution in [1.82, 2.24) is 4.90 Å². The zero-order valence-electron chi connectivity index (χ0n) is 14.1. The Kier molecular flexibility index (Phi) is 5.76. The van der Waals surface area contributed by atoms with Gasteiger partial charge in [-0.05, 0) is 42.3 Å². The normalized spacial score (nSPS) is 20.0. The molecule has 0 radical (unpaired) electrons. The summed E-state index contributed by atoms with van der Waals surface area (Å²) in [7, 11) is 0. The van der Waals surface area contributed by atoms with Crippen LogP contribution in [0.3, 0.4) is 0 Å². The number of hydrogen-bond donors (Lipinski definition) is 1. The zero-order valence-corrected chi connectivity index (χ0v) is 15.7. The summed E-state index contributed by atoms with van der Waals surface area (Å²) in [6.07, 6.45) is -4.87. The first kappa shape index (κ1) is 19.7. The van der Waals surface area contributed by atoms with Gasteiger partial charge in [-0.15, -0.1) is 0 Å². The number of rotatable bonds is 4. The van der Waals surface area contributed by atoms with Crippen LogP contribution in [0, 0.1) is 0 Å². The van der Waals surface area contributed by atoms with Crippen molar-refractivity contribution in [1.29, 1.82) is 0 Å². The van der Waals surface area contributed by atoms with E-state index in [0.717, 1.165) is 16.6 Å². The van der Waals surface area contributed by atoms with E-state index >= 15 is 0 Å². The highest BCUT2D eigenvalue weighted by atomic mass is 79.9. The fourth-order valence-corrected chi connectivity index (χ4v) is 3.46. The van der Waals surface area contributed by atoms with Gasteiger partial charge >= 0.3 is 6.18 Å². The highest BCUT2D eigenvalue weighted by molar-refractivity contribution is 9.10. The van der Waals surface area contributed by atoms with E-state index in [0.29, 0.717) is 11.3 Å². The van der Waals surface area contributed by atoms with Gasteiger partial charge in [-0.2, -0.15) is 13.2 Å². The first-order chi connectivity index (χ1) is 12.7. The third-order valence-electron chi connectivity index (χ3n) is 4.38. The van der Waals surface area contributed by atoms with Gasteiger partial charge in [-0.1, -0.05) is 34.1 Å². The molecule has 1 heterocycles. The predicted octanol–water partition coefficient (Wildman–Crippen LogP) is 4.18. The Morgan fingerprint density at radius 2 is 1.93 bits per heavy atom. The number of β-amino-alcohol motifs (C(OH)–C–C–N with tert-alkyl or cyclic N) is 1. The van der Waals surface area contributed by atoms with Gasteiger partial charge < -0.3 is 14.7 Å². The molecule has 2 aromatic rings. The Morgan fingerprint density at radius 3 is 2.56 bits per heavy atom. The van der Waals surface area contributed by atoms with Crippen molar-refractivity contribution < 1.29 is 27.8 Å². The van der Waals surface area contributed by atoms with Crippen molar-refractivity contribution in [3.05, 3.63) is 64.1 Å². The first-order valence-electron chi connectivity index (χ1n) is 8.27. The SMILES string of the molecule is O=C(COc1cccc(Br)c1)N1C[C@@H](O)C[C@H]1c1ccc(C(F)(F)F)cc1. The van der Waals surface area contributed by atoms with Gasteiger partial charge in [0, 0.05) is 11.0 Å². The molecule has 2 aromatic carbocycles. The number of halogens is 4. The van der Waals surface area contributed by atoms with E-state index in [4.69, 9.17) is 4.74 Å². The quantitative estimate of drug-likeness (QED) is 0.770. The molecule has 3 rings (SSSR count). The standard InChI is InChI=1S/C19H17BrF3NO3/c20-14-2-1-3-16(8-14)27-11-18(26)24-10-15(25)9-17(24)12-4-6-13(7-5-12)19(21,22)23/h1-8,15,17,25H,9-11H2/t15-,17-/m0/s1. The van der Waals surface area contributed by atoms with Crippen molar-refractivity contribution in [2.45, 2.75) is 24.7 Å². The fourth-order valence-electron chi connectivity index (χ4n) is 3.08. The van der Waals surface area contributed by atoms with Crippen molar-refractivity contribution >= 4 is 21.8 Å². The fraction of sp³-hybridized carbons (Fsp3) is 0.316. The number of hydrogen-bond acceptors (Lipinski definition) is 3. The third-order valence-corrected chi connectivity index (χ3v) is 4.87. The molecule has 0 spiro atoms. The van der Waals surface area contributed by atoms with E-state index in [2.05, 4.69) is 15.9 Å². The van der Waals surface area contributed by atoms with E-state index < -0.39 is 23.9 Å². The molecular weight excluding hydrogens is 427 g/mol. The molecule has 1 aliphatic heterocycles. The van der Waals surface area contributed by atoms with Gasteiger partial charge in [0.15, 0.2) is 6.61 Å². The van der Waals surface area contributed by atoms with Crippen LogP contribution >= 0.6 is 15.9 Å². The number of carbonyl (C=O) groups excluding carboxylic acids is 1. The Bertz CT molecular complexity index is 811. The molecule has 0 unspecified atom stereocenters. The van der Waals surface area contributed by atoms with Gasteiger partial charge in [0.1, 0.15) is 5.75 Å². The molecular formula is C19H17BrF3NO3. The molecule has 4 nitrogen and oxygen atoms in total. The van der Waals surface area contributed by atoms with E-state index in [1.54, 1.807) is 18.2 Å². The van der Waals surface area contributed by atoms with Crippen LogP contribution in [0.1, 0.15) is 23.6 Å². The molecule has 1 aliphatic rings. The molecule has 1 saturated heterocycles. The second-order valence-corrected chi connectivity index (χ2v) is 7.23. The minimum atomic E-state index is -4.42. The lowest BCUT2D eigenvalue weighted by molar-refractivity contribution is -0.138. The number of alkyl halides is 3. The number of likely N-dealkylation sites (tertiary alicyclic amines) is 1. The average molecular weight is 444 g/mol. The molecule has 0 aromatic heterocycles. The summed E-state index contributed by atoms with van der Waals surface area (Å²) in [5.74, 6) is 0.181. The van der Waals surface area contributed by atoms with E-state index in [1.807, 2.05) is 6.07 Å². The molecule has 1 fully saturated rings. The number of ether oxygens (including phenoxy) is 1. The summed E-state index contributed by atoms with van der Waals surface area (Å²) in [5.41, 5.74) is -0.198. The molecule has 0 saturated carbocycles. The lowest BCUT2D eigenvalue weighted by Crippen LogP contribution is -2.35. The second-order valence-electron chi connectivity index (χ2n) is 6.32. The van der Waals surface area contributed by atoms with Crippen LogP contribution in [0.5, 0.6) is 5.75 Å². The Labute approximate surface area is 162 Å². The molecule has 0 aliphatic carbocycles. The first-order valence-corrected chi connectivity index (χ1v) is 9.06. The van der Waals surface area contributed by atoms with Crippen LogP contribution in [0.15, 0.2) is 53.0 Å². The Hall–Kier alpha value is -2.06. The van der Waals surface area contributed by atoms with Crippen LogP contribution < -0.4 is 4.74 Å². The van der Waals surface area contributed by atoms with Crippen LogP contribution in [0.2, 0.25) is 0 Å². The Balaban J connectivity index is 1.70. The van der Waals surface area contributed by atoms with Crippen LogP contribution in [-0.2, 0) is 11.0 Å². The van der Waals surface area contributed by atoms with E-state index in [-0.39, 0.29) is 25.5 Å². The highest BCUT2D eigenvalue weighted by Gasteiger charge is 2.36. The number of nitrogens with zero attached hydrogens (tertiary/aromatic N) is 1. The summed E-state index contributed by atoms with van der Waals surface area (Å²) in [4.78, 5) is 14.0. The van der Waals surface area contributed by atoms with Gasteiger partial charge in [0.2, 0.25) is 0 Å². The topological polar surface area (TPSA) is 49.8 Å². The van der Waals surface area contributed by atoms with Crippen molar-refractivity contribution in [2.24, 2.45) is 0 Å². The summed E-state index contributed by atoms with van der Waals surface area (Å²) < 4.78 is 44.5. The maximum atomic E-state index is 12.7. The summed E-state index contributed by atoms with van der Waals surface area (Å²) >= 11 is 3.31. The summed E-state index contributed by atoms with van der Waals surface area (Å²) in [6.45, 7) is -0.104. The minimum Gasteiger partial charge on any atom is -0.484 e. The van der Waals surface area contributed by atoms with Gasteiger partial charge in [0.25, 0.3) is 5.91 Å².